The van der Waals surface area contributed by atoms with Crippen molar-refractivity contribution >= 4 is 23.0 Å². The van der Waals surface area contributed by atoms with Crippen molar-refractivity contribution < 1.29 is 14.7 Å². The van der Waals surface area contributed by atoms with Gasteiger partial charge in [-0.1, -0.05) is 6.92 Å². The molecule has 0 radical (unpaired) electrons. The van der Waals surface area contributed by atoms with Gasteiger partial charge in [0.25, 0.3) is 0 Å². The zero-order valence-corrected chi connectivity index (χ0v) is 21.2. The van der Waals surface area contributed by atoms with E-state index in [1.54, 1.807) is 19.1 Å². The van der Waals surface area contributed by atoms with Crippen molar-refractivity contribution in [2.24, 2.45) is 5.92 Å². The summed E-state index contributed by atoms with van der Waals surface area (Å²) in [4.78, 5) is 32.3. The molecule has 0 bridgehead atoms. The molecular weight excluding hydrogens is 432 g/mol. The normalized spacial score (nSPS) is 17.3. The number of aromatic hydroxyl groups is 1. The summed E-state index contributed by atoms with van der Waals surface area (Å²) in [5, 5.41) is 9.79. The van der Waals surface area contributed by atoms with E-state index in [0.29, 0.717) is 0 Å². The first-order valence-corrected chi connectivity index (χ1v) is 13.0. The Bertz CT molecular complexity index is 1030. The standard InChI is InChI=1S/C27H36N2O3S/c1-5-22-23-8-13-29(19(4)30)16-25(23)33-24(22)9-12-28-10-6-20(7-11-28)27(32)26-17(2)14-21(31)15-18(26)3/h14-15,20,31H,5-13,16H2,1-4H3. The van der Waals surface area contributed by atoms with E-state index in [0.717, 1.165) is 81.5 Å². The van der Waals surface area contributed by atoms with E-state index in [1.165, 1.54) is 20.9 Å². The van der Waals surface area contributed by atoms with E-state index >= 15 is 0 Å². The molecule has 5 nitrogen and oxygen atoms in total. The Morgan fingerprint density at radius 3 is 2.39 bits per heavy atom. The number of likely N-dealkylation sites (tertiary alicyclic amines) is 1. The van der Waals surface area contributed by atoms with Crippen LogP contribution in [0.4, 0.5) is 0 Å². The first-order chi connectivity index (χ1) is 15.8. The molecule has 1 fully saturated rings. The van der Waals surface area contributed by atoms with Gasteiger partial charge in [0.2, 0.25) is 5.91 Å². The van der Waals surface area contributed by atoms with Crippen molar-refractivity contribution in [2.45, 2.75) is 66.3 Å². The van der Waals surface area contributed by atoms with Gasteiger partial charge in [-0.2, -0.15) is 0 Å². The predicted molar refractivity (Wildman–Crippen MR) is 133 cm³/mol. The Hall–Kier alpha value is -2.18. The molecule has 2 aromatic rings. The van der Waals surface area contributed by atoms with Crippen LogP contribution in [0.1, 0.15) is 69.1 Å². The highest BCUT2D eigenvalue weighted by Gasteiger charge is 2.29. The number of piperidine rings is 1. The number of nitrogens with zero attached hydrogens (tertiary/aromatic N) is 2. The third-order valence-corrected chi connectivity index (χ3v) is 8.75. The maximum Gasteiger partial charge on any atom is 0.219 e. The summed E-state index contributed by atoms with van der Waals surface area (Å²) in [6.45, 7) is 12.3. The Balaban J connectivity index is 1.35. The molecule has 1 amide bonds. The van der Waals surface area contributed by atoms with Crippen molar-refractivity contribution in [1.82, 2.24) is 9.80 Å². The smallest absolute Gasteiger partial charge is 0.219 e. The van der Waals surface area contributed by atoms with Crippen molar-refractivity contribution in [1.29, 1.82) is 0 Å². The minimum absolute atomic E-state index is 0.0704. The average molecular weight is 469 g/mol. The van der Waals surface area contributed by atoms with Gasteiger partial charge in [0.05, 0.1) is 6.54 Å². The highest BCUT2D eigenvalue weighted by molar-refractivity contribution is 7.12. The quantitative estimate of drug-likeness (QED) is 0.626. The summed E-state index contributed by atoms with van der Waals surface area (Å²) in [5.41, 5.74) is 5.55. The van der Waals surface area contributed by atoms with E-state index in [9.17, 15) is 14.7 Å². The minimum atomic E-state index is 0.0704. The molecule has 1 aromatic carbocycles. The highest BCUT2D eigenvalue weighted by atomic mass is 32.1. The Morgan fingerprint density at radius 1 is 1.12 bits per heavy atom. The van der Waals surface area contributed by atoms with Crippen LogP contribution in [0, 0.1) is 19.8 Å². The first kappa shape index (κ1) is 24.0. The number of amides is 1. The summed E-state index contributed by atoms with van der Waals surface area (Å²) in [7, 11) is 0. The molecule has 0 saturated carbocycles. The zero-order chi connectivity index (χ0) is 23.7. The minimum Gasteiger partial charge on any atom is -0.508 e. The molecule has 3 heterocycles. The number of hydrogen-bond acceptors (Lipinski definition) is 5. The van der Waals surface area contributed by atoms with Crippen LogP contribution < -0.4 is 0 Å². The molecule has 1 N–H and O–H groups in total. The fourth-order valence-electron chi connectivity index (χ4n) is 5.62. The molecule has 0 atom stereocenters. The molecule has 2 aliphatic rings. The van der Waals surface area contributed by atoms with Crippen LogP contribution in [0.5, 0.6) is 5.75 Å². The lowest BCUT2D eigenvalue weighted by molar-refractivity contribution is -0.129. The second kappa shape index (κ2) is 9.98. The lowest BCUT2D eigenvalue weighted by Gasteiger charge is -2.31. The number of hydrogen-bond donors (Lipinski definition) is 1. The van der Waals surface area contributed by atoms with Gasteiger partial charge in [-0.3, -0.25) is 9.59 Å². The van der Waals surface area contributed by atoms with Crippen LogP contribution in [0.2, 0.25) is 0 Å². The molecule has 6 heteroatoms. The van der Waals surface area contributed by atoms with Gasteiger partial charge in [0.1, 0.15) is 5.75 Å². The number of benzene rings is 1. The molecule has 33 heavy (non-hydrogen) atoms. The third-order valence-electron chi connectivity index (χ3n) is 7.43. The molecule has 2 aliphatic heterocycles. The summed E-state index contributed by atoms with van der Waals surface area (Å²) in [6, 6.07) is 3.38. The predicted octanol–water partition coefficient (Wildman–Crippen LogP) is 4.67. The second-order valence-electron chi connectivity index (χ2n) is 9.63. The van der Waals surface area contributed by atoms with Gasteiger partial charge in [0, 0.05) is 41.2 Å². The second-order valence-corrected chi connectivity index (χ2v) is 10.8. The summed E-state index contributed by atoms with van der Waals surface area (Å²) >= 11 is 1.91. The van der Waals surface area contributed by atoms with Crippen molar-refractivity contribution in [2.75, 3.05) is 26.2 Å². The number of aryl methyl sites for hydroxylation is 2. The first-order valence-electron chi connectivity index (χ1n) is 12.2. The lowest BCUT2D eigenvalue weighted by atomic mass is 9.85. The van der Waals surface area contributed by atoms with Crippen LogP contribution >= 0.6 is 11.3 Å². The average Bonchev–Trinajstić information content (AvgIpc) is 3.13. The number of rotatable bonds is 6. The molecule has 1 saturated heterocycles. The fraction of sp³-hybridized carbons (Fsp3) is 0.556. The van der Waals surface area contributed by atoms with Crippen LogP contribution in [0.3, 0.4) is 0 Å². The van der Waals surface area contributed by atoms with Crippen LogP contribution in [-0.2, 0) is 30.6 Å². The number of ketones is 1. The number of carbonyl (C=O) groups is 2. The van der Waals surface area contributed by atoms with E-state index in [2.05, 4.69) is 11.8 Å². The molecule has 0 aliphatic carbocycles. The van der Waals surface area contributed by atoms with Crippen molar-refractivity contribution in [3.05, 3.63) is 49.7 Å². The van der Waals surface area contributed by atoms with Gasteiger partial charge < -0.3 is 14.9 Å². The molecule has 4 rings (SSSR count). The van der Waals surface area contributed by atoms with Gasteiger partial charge >= 0.3 is 0 Å². The fourth-order valence-corrected chi connectivity index (χ4v) is 7.07. The largest absolute Gasteiger partial charge is 0.508 e. The number of phenols is 1. The van der Waals surface area contributed by atoms with E-state index in [1.807, 2.05) is 30.1 Å². The van der Waals surface area contributed by atoms with Crippen LogP contribution in [0.15, 0.2) is 12.1 Å². The summed E-state index contributed by atoms with van der Waals surface area (Å²) < 4.78 is 0. The third kappa shape index (κ3) is 5.02. The maximum absolute atomic E-state index is 13.2. The topological polar surface area (TPSA) is 60.9 Å². The molecule has 1 aromatic heterocycles. The Kier molecular flexibility index (Phi) is 7.25. The number of phenolic OH excluding ortho intramolecular Hbond substituents is 1. The van der Waals surface area contributed by atoms with Crippen molar-refractivity contribution in [3.8, 4) is 5.75 Å². The zero-order valence-electron chi connectivity index (χ0n) is 20.4. The van der Waals surface area contributed by atoms with E-state index in [-0.39, 0.29) is 23.4 Å². The lowest BCUT2D eigenvalue weighted by Crippen LogP contribution is -2.37. The molecule has 178 valence electrons. The van der Waals surface area contributed by atoms with E-state index < -0.39 is 0 Å². The number of carbonyl (C=O) groups excluding carboxylic acids is 2. The van der Waals surface area contributed by atoms with Crippen LogP contribution in [-0.4, -0.2) is 52.8 Å². The monoisotopic (exact) mass is 468 g/mol. The van der Waals surface area contributed by atoms with E-state index in [4.69, 9.17) is 0 Å². The van der Waals surface area contributed by atoms with Gasteiger partial charge in [-0.15, -0.1) is 11.3 Å². The van der Waals surface area contributed by atoms with Gasteiger partial charge in [-0.05, 0) is 93.4 Å². The van der Waals surface area contributed by atoms with Crippen LogP contribution in [0.25, 0.3) is 0 Å². The highest BCUT2D eigenvalue weighted by Crippen LogP contribution is 2.34. The SMILES string of the molecule is CCc1c(CCN2CCC(C(=O)c3c(C)cc(O)cc3C)CC2)sc2c1CCN(C(C)=O)C2. The number of fused-ring (bicyclic) bond motifs is 1. The molecular formula is C27H36N2O3S. The van der Waals surface area contributed by atoms with Crippen molar-refractivity contribution in [3.63, 3.8) is 0 Å². The maximum atomic E-state index is 13.2. The van der Waals surface area contributed by atoms with Gasteiger partial charge in [0.15, 0.2) is 5.78 Å². The molecule has 0 spiro atoms. The Morgan fingerprint density at radius 2 is 1.79 bits per heavy atom. The number of Topliss-reactive ketones (excluding diaryl/α,β-unsaturated/α-hetero) is 1. The Labute approximate surface area is 201 Å². The molecule has 0 unspecified atom stereocenters. The summed E-state index contributed by atoms with van der Waals surface area (Å²) in [5.74, 6) is 0.704. The summed E-state index contributed by atoms with van der Waals surface area (Å²) in [6.07, 6.45) is 4.89. The van der Waals surface area contributed by atoms with Gasteiger partial charge in [-0.25, -0.2) is 0 Å². The number of thiophene rings is 1.